The Hall–Kier alpha value is -3.21. The van der Waals surface area contributed by atoms with Gasteiger partial charge in [-0.15, -0.1) is 11.3 Å². The maximum Gasteiger partial charge on any atom is 0.490 e. The predicted molar refractivity (Wildman–Crippen MR) is 100 cm³/mol. The van der Waals surface area contributed by atoms with Crippen molar-refractivity contribution in [2.45, 2.75) is 19.6 Å². The van der Waals surface area contributed by atoms with Crippen LogP contribution in [0, 0.1) is 6.92 Å². The summed E-state index contributed by atoms with van der Waals surface area (Å²) in [4.78, 5) is 29.6. The maximum absolute atomic E-state index is 12.3. The summed E-state index contributed by atoms with van der Waals surface area (Å²) in [6.45, 7) is 2.45. The van der Waals surface area contributed by atoms with E-state index in [2.05, 4.69) is 15.3 Å². The molecule has 2 N–H and O–H groups in total. The van der Waals surface area contributed by atoms with Crippen molar-refractivity contribution in [3.63, 3.8) is 0 Å². The number of methoxy groups -OCH3 is 1. The van der Waals surface area contributed by atoms with Crippen LogP contribution in [0.5, 0.6) is 5.75 Å². The van der Waals surface area contributed by atoms with Gasteiger partial charge in [0.2, 0.25) is 0 Å². The van der Waals surface area contributed by atoms with Crippen molar-refractivity contribution in [3.05, 3.63) is 52.8 Å². The molecule has 29 heavy (non-hydrogen) atoms. The van der Waals surface area contributed by atoms with E-state index in [-0.39, 0.29) is 5.91 Å². The van der Waals surface area contributed by atoms with E-state index in [9.17, 15) is 18.0 Å². The zero-order valence-corrected chi connectivity index (χ0v) is 16.1. The minimum absolute atomic E-state index is 0.181. The van der Waals surface area contributed by atoms with Crippen LogP contribution in [0.3, 0.4) is 0 Å². The Labute approximate surface area is 167 Å². The number of carbonyl (C=O) groups excluding carboxylic acids is 1. The van der Waals surface area contributed by atoms with Crippen LogP contribution >= 0.6 is 11.3 Å². The van der Waals surface area contributed by atoms with Crippen molar-refractivity contribution in [3.8, 4) is 5.75 Å². The number of carboxylic acids is 1. The minimum atomic E-state index is -5.08. The molecule has 154 valence electrons. The number of aromatic nitrogens is 2. The molecule has 0 atom stereocenters. The zero-order valence-electron chi connectivity index (χ0n) is 15.3. The Morgan fingerprint density at radius 3 is 2.38 bits per heavy atom. The van der Waals surface area contributed by atoms with Gasteiger partial charge in [0.25, 0.3) is 5.91 Å². The molecule has 1 amide bonds. The fourth-order valence-electron chi connectivity index (χ4n) is 2.13. The number of nitrogens with zero attached hydrogens (tertiary/aromatic N) is 2. The van der Waals surface area contributed by atoms with E-state index < -0.39 is 12.1 Å². The van der Waals surface area contributed by atoms with E-state index in [0.29, 0.717) is 17.3 Å². The molecule has 0 aliphatic heterocycles. The second-order valence-electron chi connectivity index (χ2n) is 5.62. The van der Waals surface area contributed by atoms with E-state index >= 15 is 0 Å². The summed E-state index contributed by atoms with van der Waals surface area (Å²) in [6.07, 6.45) is -1.68. The number of carbonyl (C=O) groups is 2. The van der Waals surface area contributed by atoms with E-state index in [1.54, 1.807) is 19.5 Å². The van der Waals surface area contributed by atoms with Gasteiger partial charge in [-0.3, -0.25) is 9.78 Å². The molecule has 3 rings (SSSR count). The molecule has 11 heteroatoms. The van der Waals surface area contributed by atoms with Crippen LogP contribution in [-0.2, 0) is 11.3 Å². The third-order valence-corrected chi connectivity index (χ3v) is 4.75. The molecule has 0 aliphatic carbocycles. The van der Waals surface area contributed by atoms with Gasteiger partial charge in [0, 0.05) is 18.9 Å². The quantitative estimate of drug-likeness (QED) is 0.660. The highest BCUT2D eigenvalue weighted by Crippen LogP contribution is 2.32. The summed E-state index contributed by atoms with van der Waals surface area (Å²) in [6, 6.07) is 7.58. The van der Waals surface area contributed by atoms with Gasteiger partial charge in [0.1, 0.15) is 11.3 Å². The Kier molecular flexibility index (Phi) is 7.10. The molecule has 2 heterocycles. The van der Waals surface area contributed by atoms with Crippen molar-refractivity contribution in [2.24, 2.45) is 0 Å². The number of carboxylic acid groups (broad SMARTS) is 1. The summed E-state index contributed by atoms with van der Waals surface area (Å²) < 4.78 is 38.0. The zero-order chi connectivity index (χ0) is 21.6. The van der Waals surface area contributed by atoms with Crippen molar-refractivity contribution < 1.29 is 32.6 Å². The van der Waals surface area contributed by atoms with Crippen LogP contribution in [-0.4, -0.2) is 40.2 Å². The number of fused-ring (bicyclic) bond motifs is 1. The highest BCUT2D eigenvalue weighted by molar-refractivity contribution is 7.20. The van der Waals surface area contributed by atoms with Gasteiger partial charge in [-0.1, -0.05) is 6.07 Å². The number of alkyl halides is 3. The second kappa shape index (κ2) is 9.32. The molecule has 0 fully saturated rings. The monoisotopic (exact) mass is 427 g/mol. The number of thiazole rings is 1. The van der Waals surface area contributed by atoms with E-state index in [0.717, 1.165) is 21.3 Å². The number of amides is 1. The second-order valence-corrected chi connectivity index (χ2v) is 6.62. The Morgan fingerprint density at radius 2 is 1.83 bits per heavy atom. The number of aryl methyl sites for hydroxylation is 1. The van der Waals surface area contributed by atoms with Gasteiger partial charge in [-0.2, -0.15) is 13.2 Å². The number of rotatable bonds is 4. The third kappa shape index (κ3) is 5.88. The highest BCUT2D eigenvalue weighted by Gasteiger charge is 2.38. The number of benzene rings is 1. The maximum atomic E-state index is 12.3. The lowest BCUT2D eigenvalue weighted by molar-refractivity contribution is -0.192. The van der Waals surface area contributed by atoms with E-state index in [4.69, 9.17) is 14.6 Å². The van der Waals surface area contributed by atoms with Crippen LogP contribution in [0.1, 0.15) is 20.9 Å². The molecule has 3 aromatic rings. The first kappa shape index (κ1) is 22.1. The Balaban J connectivity index is 0.000000370. The molecule has 0 unspecified atom stereocenters. The molecular formula is C18H16F3N3O4S. The number of nitrogens with one attached hydrogen (secondary N) is 1. The number of halogens is 3. The van der Waals surface area contributed by atoms with Gasteiger partial charge in [-0.05, 0) is 36.2 Å². The molecule has 7 nitrogen and oxygen atoms in total. The van der Waals surface area contributed by atoms with Gasteiger partial charge in [-0.25, -0.2) is 9.78 Å². The van der Waals surface area contributed by atoms with Crippen LogP contribution < -0.4 is 10.1 Å². The average molecular weight is 427 g/mol. The number of hydrogen-bond acceptors (Lipinski definition) is 6. The lowest BCUT2D eigenvalue weighted by Crippen LogP contribution is -2.22. The first-order valence-corrected chi connectivity index (χ1v) is 8.86. The van der Waals surface area contributed by atoms with Gasteiger partial charge < -0.3 is 15.2 Å². The third-order valence-electron chi connectivity index (χ3n) is 3.56. The SMILES string of the molecule is COc1ccc(C)c2sc(C(=O)NCc3ccncc3)nc12.O=C(O)C(F)(F)F. The summed E-state index contributed by atoms with van der Waals surface area (Å²) in [5.41, 5.74) is 2.82. The lowest BCUT2D eigenvalue weighted by atomic mass is 10.2. The molecule has 0 saturated carbocycles. The topological polar surface area (TPSA) is 101 Å². The average Bonchev–Trinajstić information content (AvgIpc) is 3.13. The molecule has 2 aromatic heterocycles. The fraction of sp³-hybridized carbons (Fsp3) is 0.222. The molecule has 0 saturated heterocycles. The number of aliphatic carboxylic acids is 1. The Morgan fingerprint density at radius 1 is 1.21 bits per heavy atom. The largest absolute Gasteiger partial charge is 0.494 e. The van der Waals surface area contributed by atoms with Crippen molar-refractivity contribution in [2.75, 3.05) is 7.11 Å². The summed E-state index contributed by atoms with van der Waals surface area (Å²) in [7, 11) is 1.60. The first-order chi connectivity index (χ1) is 13.6. The first-order valence-electron chi connectivity index (χ1n) is 8.04. The smallest absolute Gasteiger partial charge is 0.490 e. The molecule has 0 spiro atoms. The van der Waals surface area contributed by atoms with Crippen LogP contribution in [0.15, 0.2) is 36.7 Å². The fourth-order valence-corrected chi connectivity index (χ4v) is 3.10. The van der Waals surface area contributed by atoms with Crippen molar-refractivity contribution in [1.29, 1.82) is 0 Å². The standard InChI is InChI=1S/C16H15N3O2S.C2HF3O2/c1-10-3-4-12(21-2)13-14(10)22-16(19-13)15(20)18-9-11-5-7-17-8-6-11;3-2(4,5)1(6)7/h3-8H,9H2,1-2H3,(H,18,20);(H,6,7). The summed E-state index contributed by atoms with van der Waals surface area (Å²) in [5.74, 6) is -2.25. The molecular weight excluding hydrogens is 411 g/mol. The number of ether oxygens (including phenoxy) is 1. The van der Waals surface area contributed by atoms with Crippen LogP contribution in [0.25, 0.3) is 10.2 Å². The van der Waals surface area contributed by atoms with Gasteiger partial charge in [0.15, 0.2) is 5.01 Å². The van der Waals surface area contributed by atoms with Crippen LogP contribution in [0.4, 0.5) is 13.2 Å². The van der Waals surface area contributed by atoms with Crippen LogP contribution in [0.2, 0.25) is 0 Å². The molecule has 0 bridgehead atoms. The highest BCUT2D eigenvalue weighted by atomic mass is 32.1. The van der Waals surface area contributed by atoms with E-state index in [1.165, 1.54) is 11.3 Å². The normalized spacial score (nSPS) is 10.8. The number of pyridine rings is 1. The lowest BCUT2D eigenvalue weighted by Gasteiger charge is -2.02. The number of hydrogen-bond donors (Lipinski definition) is 2. The predicted octanol–water partition coefficient (Wildman–Crippen LogP) is 3.57. The molecule has 1 aromatic carbocycles. The summed E-state index contributed by atoms with van der Waals surface area (Å²) in [5, 5.41) is 10.4. The van der Waals surface area contributed by atoms with Gasteiger partial charge >= 0.3 is 12.1 Å². The molecule has 0 radical (unpaired) electrons. The van der Waals surface area contributed by atoms with Gasteiger partial charge in [0.05, 0.1) is 11.8 Å². The van der Waals surface area contributed by atoms with E-state index in [1.807, 2.05) is 31.2 Å². The minimum Gasteiger partial charge on any atom is -0.494 e. The van der Waals surface area contributed by atoms with Crippen molar-refractivity contribution >= 4 is 33.4 Å². The van der Waals surface area contributed by atoms with Crippen molar-refractivity contribution in [1.82, 2.24) is 15.3 Å². The molecule has 0 aliphatic rings. The summed E-state index contributed by atoms with van der Waals surface area (Å²) >= 11 is 1.38. The Bertz CT molecular complexity index is 1010.